The van der Waals surface area contributed by atoms with Gasteiger partial charge in [-0.25, -0.2) is 4.79 Å². The molecule has 2 aromatic rings. The molecule has 0 aliphatic carbocycles. The van der Waals surface area contributed by atoms with E-state index in [1.807, 2.05) is 25.3 Å². The average Bonchev–Trinajstić information content (AvgIpc) is 3.02. The largest absolute Gasteiger partial charge is 0.349 e. The van der Waals surface area contributed by atoms with Gasteiger partial charge in [-0.05, 0) is 45.9 Å². The fourth-order valence-electron chi connectivity index (χ4n) is 3.72. The Kier molecular flexibility index (Phi) is 5.30. The highest BCUT2D eigenvalue weighted by Gasteiger charge is 2.50. The van der Waals surface area contributed by atoms with Crippen molar-refractivity contribution in [2.45, 2.75) is 39.8 Å². The Bertz CT molecular complexity index is 999. The summed E-state index contributed by atoms with van der Waals surface area (Å²) < 4.78 is 2.01. The summed E-state index contributed by atoms with van der Waals surface area (Å²) in [5, 5.41) is 3.35. The van der Waals surface area contributed by atoms with Gasteiger partial charge in [0.2, 0.25) is 0 Å². The second-order valence-corrected chi connectivity index (χ2v) is 7.87. The minimum atomic E-state index is -1.36. The molecule has 1 N–H and O–H groups in total. The Morgan fingerprint density at radius 3 is 2.43 bits per heavy atom. The Labute approximate surface area is 173 Å². The van der Waals surface area contributed by atoms with Gasteiger partial charge in [0.05, 0.1) is 6.54 Å². The maximum Gasteiger partial charge on any atom is 0.325 e. The van der Waals surface area contributed by atoms with E-state index in [0.29, 0.717) is 16.1 Å². The lowest BCUT2D eigenvalue weighted by Gasteiger charge is -2.23. The number of nitrogens with one attached hydrogen (secondary N) is 1. The zero-order valence-corrected chi connectivity index (χ0v) is 17.6. The lowest BCUT2D eigenvalue weighted by atomic mass is 9.92. The molecule has 1 fully saturated rings. The van der Waals surface area contributed by atoms with E-state index in [9.17, 15) is 14.4 Å². The molecule has 1 aliphatic heterocycles. The Morgan fingerprint density at radius 1 is 1.18 bits per heavy atom. The fourth-order valence-corrected chi connectivity index (χ4v) is 4.31. The van der Waals surface area contributed by atoms with Gasteiger partial charge in [-0.15, -0.1) is 0 Å². The number of imide groups is 1. The van der Waals surface area contributed by atoms with Gasteiger partial charge < -0.3 is 9.88 Å². The lowest BCUT2D eigenvalue weighted by Crippen LogP contribution is -2.41. The predicted octanol–water partition coefficient (Wildman–Crippen LogP) is 4.08. The number of nitrogens with zero attached hydrogens (tertiary/aromatic N) is 2. The van der Waals surface area contributed by atoms with Crippen molar-refractivity contribution in [3.63, 3.8) is 0 Å². The number of carbonyl (C=O) groups excluding carboxylic acids is 3. The minimum Gasteiger partial charge on any atom is -0.349 e. The molecule has 1 unspecified atom stereocenters. The highest BCUT2D eigenvalue weighted by molar-refractivity contribution is 6.35. The second kappa shape index (κ2) is 7.26. The number of hydrogen-bond donors (Lipinski definition) is 1. The third-order valence-corrected chi connectivity index (χ3v) is 5.78. The summed E-state index contributed by atoms with van der Waals surface area (Å²) in [4.78, 5) is 39.3. The number of rotatable bonds is 5. The van der Waals surface area contributed by atoms with Crippen LogP contribution in [-0.2, 0) is 16.9 Å². The quantitative estimate of drug-likeness (QED) is 0.583. The first kappa shape index (κ1) is 20.4. The molecular weight excluding hydrogens is 401 g/mol. The molecule has 6 nitrogen and oxygen atoms in total. The molecule has 1 saturated heterocycles. The zero-order chi connectivity index (χ0) is 20.8. The summed E-state index contributed by atoms with van der Waals surface area (Å²) in [6, 6.07) is 5.87. The molecule has 8 heteroatoms. The molecule has 3 amide bonds. The first-order valence-corrected chi connectivity index (χ1v) is 9.65. The van der Waals surface area contributed by atoms with E-state index in [4.69, 9.17) is 23.2 Å². The van der Waals surface area contributed by atoms with Crippen molar-refractivity contribution in [3.05, 3.63) is 56.8 Å². The van der Waals surface area contributed by atoms with Gasteiger partial charge in [0.25, 0.3) is 5.91 Å². The van der Waals surface area contributed by atoms with Crippen LogP contribution in [0, 0.1) is 13.8 Å². The number of ketones is 1. The number of halogens is 2. The smallest absolute Gasteiger partial charge is 0.325 e. The van der Waals surface area contributed by atoms with Crippen molar-refractivity contribution in [1.82, 2.24) is 14.8 Å². The van der Waals surface area contributed by atoms with Crippen LogP contribution in [0.2, 0.25) is 10.0 Å². The summed E-state index contributed by atoms with van der Waals surface area (Å²) >= 11 is 12.2. The number of urea groups is 1. The first-order chi connectivity index (χ1) is 13.1. The van der Waals surface area contributed by atoms with Crippen LogP contribution in [0.1, 0.15) is 41.2 Å². The lowest BCUT2D eigenvalue weighted by molar-refractivity contribution is -0.130. The van der Waals surface area contributed by atoms with Crippen LogP contribution in [0.5, 0.6) is 0 Å². The van der Waals surface area contributed by atoms with Crippen LogP contribution in [0.25, 0.3) is 0 Å². The minimum absolute atomic E-state index is 0.267. The number of aryl methyl sites for hydroxylation is 1. The van der Waals surface area contributed by atoms with Crippen LogP contribution in [-0.4, -0.2) is 33.7 Å². The molecule has 0 saturated carbocycles. The summed E-state index contributed by atoms with van der Waals surface area (Å²) in [6.07, 6.45) is 0. The van der Waals surface area contributed by atoms with E-state index in [1.165, 1.54) is 6.07 Å². The monoisotopic (exact) mass is 421 g/mol. The average molecular weight is 422 g/mol. The van der Waals surface area contributed by atoms with Crippen LogP contribution in [0.3, 0.4) is 0 Å². The number of Topliss-reactive ketones (excluding diaryl/α,β-unsaturated/α-hetero) is 1. The summed E-state index contributed by atoms with van der Waals surface area (Å²) in [5.41, 5.74) is 1.35. The molecule has 148 valence electrons. The van der Waals surface area contributed by atoms with Crippen molar-refractivity contribution in [1.29, 1.82) is 0 Å². The van der Waals surface area contributed by atoms with Gasteiger partial charge in [0.15, 0.2) is 5.78 Å². The van der Waals surface area contributed by atoms with E-state index in [-0.39, 0.29) is 17.4 Å². The van der Waals surface area contributed by atoms with Crippen molar-refractivity contribution in [2.75, 3.05) is 6.54 Å². The standard InChI is InChI=1S/C20H21Cl2N3O3/c1-5-24-11(2)8-14(12(24)3)17(26)10-25-18(27)20(4,23-19(25)28)15-7-6-13(21)9-16(15)22/h6-9H,5,10H2,1-4H3,(H,23,28). The molecule has 2 heterocycles. The molecule has 3 rings (SSSR count). The molecule has 1 aromatic carbocycles. The number of hydrogen-bond acceptors (Lipinski definition) is 3. The SMILES string of the molecule is CCn1c(C)cc(C(=O)CN2C(=O)NC(C)(c3ccc(Cl)cc3Cl)C2=O)c1C. The van der Waals surface area contributed by atoms with E-state index < -0.39 is 17.5 Å². The number of benzene rings is 1. The molecular formula is C20H21Cl2N3O3. The van der Waals surface area contributed by atoms with Crippen molar-refractivity contribution in [3.8, 4) is 0 Å². The van der Waals surface area contributed by atoms with Crippen molar-refractivity contribution >= 4 is 40.9 Å². The fraction of sp³-hybridized carbons (Fsp3) is 0.350. The number of amides is 3. The topological polar surface area (TPSA) is 71.4 Å². The Balaban J connectivity index is 1.89. The third kappa shape index (κ3) is 3.20. The van der Waals surface area contributed by atoms with Gasteiger partial charge in [0.1, 0.15) is 5.54 Å². The Morgan fingerprint density at radius 2 is 1.86 bits per heavy atom. The molecule has 0 bridgehead atoms. The van der Waals surface area contributed by atoms with Crippen LogP contribution in [0.15, 0.2) is 24.3 Å². The predicted molar refractivity (Wildman–Crippen MR) is 108 cm³/mol. The van der Waals surface area contributed by atoms with Gasteiger partial charge >= 0.3 is 6.03 Å². The maximum absolute atomic E-state index is 13.0. The number of carbonyl (C=O) groups is 3. The van der Waals surface area contributed by atoms with Crippen LogP contribution >= 0.6 is 23.2 Å². The zero-order valence-electron chi connectivity index (χ0n) is 16.1. The van der Waals surface area contributed by atoms with E-state index in [1.54, 1.807) is 25.1 Å². The van der Waals surface area contributed by atoms with Crippen LogP contribution in [0.4, 0.5) is 4.79 Å². The van der Waals surface area contributed by atoms with Gasteiger partial charge in [-0.3, -0.25) is 14.5 Å². The van der Waals surface area contributed by atoms with Gasteiger partial charge in [0, 0.05) is 39.1 Å². The second-order valence-electron chi connectivity index (χ2n) is 7.02. The molecule has 1 atom stereocenters. The third-order valence-electron chi connectivity index (χ3n) is 5.24. The molecule has 28 heavy (non-hydrogen) atoms. The van der Waals surface area contributed by atoms with Gasteiger partial charge in [-0.1, -0.05) is 29.3 Å². The molecule has 1 aromatic heterocycles. The van der Waals surface area contributed by atoms with Crippen LogP contribution < -0.4 is 5.32 Å². The maximum atomic E-state index is 13.0. The van der Waals surface area contributed by atoms with E-state index >= 15 is 0 Å². The Hall–Kier alpha value is -2.31. The van der Waals surface area contributed by atoms with Gasteiger partial charge in [-0.2, -0.15) is 0 Å². The number of aromatic nitrogens is 1. The first-order valence-electron chi connectivity index (χ1n) is 8.89. The molecule has 0 spiro atoms. The normalized spacial score (nSPS) is 19.3. The van der Waals surface area contributed by atoms with E-state index in [2.05, 4.69) is 5.32 Å². The summed E-state index contributed by atoms with van der Waals surface area (Å²) in [7, 11) is 0. The molecule has 1 aliphatic rings. The van der Waals surface area contributed by atoms with E-state index in [0.717, 1.165) is 22.8 Å². The molecule has 0 radical (unpaired) electrons. The summed E-state index contributed by atoms with van der Waals surface area (Å²) in [5.74, 6) is -0.817. The summed E-state index contributed by atoms with van der Waals surface area (Å²) in [6.45, 7) is 7.73. The van der Waals surface area contributed by atoms with Crippen molar-refractivity contribution in [2.24, 2.45) is 0 Å². The highest BCUT2D eigenvalue weighted by atomic mass is 35.5. The highest BCUT2D eigenvalue weighted by Crippen LogP contribution is 2.35. The van der Waals surface area contributed by atoms with Crippen molar-refractivity contribution < 1.29 is 14.4 Å².